The van der Waals surface area contributed by atoms with Gasteiger partial charge in [0.2, 0.25) is 5.91 Å². The van der Waals surface area contributed by atoms with Crippen molar-refractivity contribution in [3.63, 3.8) is 0 Å². The minimum atomic E-state index is -0.150. The van der Waals surface area contributed by atoms with Crippen molar-refractivity contribution in [3.05, 3.63) is 23.8 Å². The van der Waals surface area contributed by atoms with Crippen LogP contribution in [0.2, 0.25) is 0 Å². The zero-order valence-corrected chi connectivity index (χ0v) is 14.5. The molecule has 1 N–H and O–H groups in total. The van der Waals surface area contributed by atoms with Crippen LogP contribution < -0.4 is 14.8 Å². The Hall–Kier alpha value is -1.75. The maximum Gasteiger partial charge on any atom is 0.234 e. The maximum absolute atomic E-state index is 12.2. The summed E-state index contributed by atoms with van der Waals surface area (Å²) >= 11 is 0. The van der Waals surface area contributed by atoms with Gasteiger partial charge in [0.05, 0.1) is 26.8 Å². The summed E-state index contributed by atoms with van der Waals surface area (Å²) < 4.78 is 10.6. The standard InChI is InChI=1S/C17H28N2O3/c1-7-19(12(2)3)11-17(20)18-13(4)15-10-14(21-5)8-9-16(15)22-6/h8-10,12-13H,7,11H2,1-6H3,(H,18,20)/t13-/m1/s1. The quantitative estimate of drug-likeness (QED) is 0.802. The van der Waals surface area contributed by atoms with Crippen molar-refractivity contribution in [1.82, 2.24) is 10.2 Å². The smallest absolute Gasteiger partial charge is 0.234 e. The molecule has 0 aromatic heterocycles. The lowest BCUT2D eigenvalue weighted by molar-refractivity contribution is -0.123. The summed E-state index contributed by atoms with van der Waals surface area (Å²) in [6.45, 7) is 9.42. The number of likely N-dealkylation sites (N-methyl/N-ethyl adjacent to an activating group) is 1. The van der Waals surface area contributed by atoms with Crippen LogP contribution in [0.25, 0.3) is 0 Å². The van der Waals surface area contributed by atoms with Crippen LogP contribution in [0.4, 0.5) is 0 Å². The van der Waals surface area contributed by atoms with Crippen molar-refractivity contribution in [2.45, 2.75) is 39.8 Å². The van der Waals surface area contributed by atoms with Gasteiger partial charge in [0, 0.05) is 11.6 Å². The van der Waals surface area contributed by atoms with E-state index in [-0.39, 0.29) is 11.9 Å². The molecule has 0 spiro atoms. The highest BCUT2D eigenvalue weighted by atomic mass is 16.5. The first kappa shape index (κ1) is 18.3. The lowest BCUT2D eigenvalue weighted by Gasteiger charge is -2.25. The Morgan fingerprint density at radius 1 is 1.23 bits per heavy atom. The Morgan fingerprint density at radius 3 is 2.41 bits per heavy atom. The molecule has 0 fully saturated rings. The number of carbonyl (C=O) groups is 1. The van der Waals surface area contributed by atoms with E-state index >= 15 is 0 Å². The summed E-state index contributed by atoms with van der Waals surface area (Å²) in [4.78, 5) is 14.3. The lowest BCUT2D eigenvalue weighted by atomic mass is 10.1. The fourth-order valence-electron chi connectivity index (χ4n) is 2.39. The van der Waals surface area contributed by atoms with Crippen molar-refractivity contribution >= 4 is 5.91 Å². The Bertz CT molecular complexity index is 489. The van der Waals surface area contributed by atoms with E-state index in [1.54, 1.807) is 14.2 Å². The van der Waals surface area contributed by atoms with Gasteiger partial charge in [-0.3, -0.25) is 9.69 Å². The molecule has 5 heteroatoms. The molecule has 0 bridgehead atoms. The number of methoxy groups -OCH3 is 2. The Morgan fingerprint density at radius 2 is 1.91 bits per heavy atom. The fraction of sp³-hybridized carbons (Fsp3) is 0.588. The van der Waals surface area contributed by atoms with Crippen LogP contribution >= 0.6 is 0 Å². The first-order chi connectivity index (χ1) is 10.4. The summed E-state index contributed by atoms with van der Waals surface area (Å²) in [6.07, 6.45) is 0. The third-order valence-electron chi connectivity index (χ3n) is 3.76. The Labute approximate surface area is 133 Å². The summed E-state index contributed by atoms with van der Waals surface area (Å²) in [5.74, 6) is 1.49. The number of hydrogen-bond acceptors (Lipinski definition) is 4. The average molecular weight is 308 g/mol. The van der Waals surface area contributed by atoms with Gasteiger partial charge in [0.15, 0.2) is 0 Å². The number of amides is 1. The first-order valence-electron chi connectivity index (χ1n) is 7.68. The van der Waals surface area contributed by atoms with Crippen LogP contribution in [0, 0.1) is 0 Å². The molecule has 0 heterocycles. The predicted octanol–water partition coefficient (Wildman–Crippen LogP) is 2.61. The molecular formula is C17H28N2O3. The Balaban J connectivity index is 2.79. The molecule has 1 aromatic rings. The Kier molecular flexibility index (Phi) is 7.18. The van der Waals surface area contributed by atoms with Gasteiger partial charge in [0.25, 0.3) is 0 Å². The van der Waals surface area contributed by atoms with E-state index in [0.717, 1.165) is 23.6 Å². The average Bonchev–Trinajstić information content (AvgIpc) is 2.51. The molecular weight excluding hydrogens is 280 g/mol. The normalized spacial score (nSPS) is 12.4. The predicted molar refractivity (Wildman–Crippen MR) is 88.5 cm³/mol. The molecule has 0 saturated heterocycles. The number of nitrogens with one attached hydrogen (secondary N) is 1. The third kappa shape index (κ3) is 4.91. The molecule has 0 aliphatic carbocycles. The van der Waals surface area contributed by atoms with Gasteiger partial charge in [-0.25, -0.2) is 0 Å². The van der Waals surface area contributed by atoms with Crippen molar-refractivity contribution in [2.24, 2.45) is 0 Å². The molecule has 0 radical (unpaired) electrons. The van der Waals surface area contributed by atoms with Gasteiger partial charge in [-0.1, -0.05) is 6.92 Å². The molecule has 1 aromatic carbocycles. The number of carbonyl (C=O) groups excluding carboxylic acids is 1. The van der Waals surface area contributed by atoms with E-state index < -0.39 is 0 Å². The van der Waals surface area contributed by atoms with E-state index in [9.17, 15) is 4.79 Å². The monoisotopic (exact) mass is 308 g/mol. The third-order valence-corrected chi connectivity index (χ3v) is 3.76. The van der Waals surface area contributed by atoms with Crippen LogP contribution in [0.3, 0.4) is 0 Å². The van der Waals surface area contributed by atoms with Gasteiger partial charge in [-0.15, -0.1) is 0 Å². The number of ether oxygens (including phenoxy) is 2. The molecule has 0 aliphatic heterocycles. The molecule has 1 rings (SSSR count). The molecule has 124 valence electrons. The van der Waals surface area contributed by atoms with Crippen molar-refractivity contribution in [1.29, 1.82) is 0 Å². The second-order valence-corrected chi connectivity index (χ2v) is 5.55. The molecule has 0 aliphatic rings. The van der Waals surface area contributed by atoms with Crippen LogP contribution in [-0.2, 0) is 4.79 Å². The zero-order chi connectivity index (χ0) is 16.7. The van der Waals surface area contributed by atoms with Crippen LogP contribution in [-0.4, -0.2) is 44.2 Å². The molecule has 0 unspecified atom stereocenters. The summed E-state index contributed by atoms with van der Waals surface area (Å²) in [5, 5.41) is 3.03. The second kappa shape index (κ2) is 8.63. The maximum atomic E-state index is 12.2. The van der Waals surface area contributed by atoms with Crippen molar-refractivity contribution in [3.8, 4) is 11.5 Å². The van der Waals surface area contributed by atoms with Gasteiger partial charge >= 0.3 is 0 Å². The highest BCUT2D eigenvalue weighted by Crippen LogP contribution is 2.29. The minimum Gasteiger partial charge on any atom is -0.497 e. The van der Waals surface area contributed by atoms with Crippen LogP contribution in [0.15, 0.2) is 18.2 Å². The van der Waals surface area contributed by atoms with E-state index in [4.69, 9.17) is 9.47 Å². The molecule has 22 heavy (non-hydrogen) atoms. The number of hydrogen-bond donors (Lipinski definition) is 1. The summed E-state index contributed by atoms with van der Waals surface area (Å²) in [6, 6.07) is 5.78. The van der Waals surface area contributed by atoms with E-state index in [1.165, 1.54) is 0 Å². The zero-order valence-electron chi connectivity index (χ0n) is 14.5. The lowest BCUT2D eigenvalue weighted by Crippen LogP contribution is -2.41. The van der Waals surface area contributed by atoms with Gasteiger partial charge < -0.3 is 14.8 Å². The van der Waals surface area contributed by atoms with E-state index in [0.29, 0.717) is 12.6 Å². The van der Waals surface area contributed by atoms with E-state index in [1.807, 2.05) is 25.1 Å². The molecule has 5 nitrogen and oxygen atoms in total. The summed E-state index contributed by atoms with van der Waals surface area (Å²) in [5.41, 5.74) is 0.905. The molecule has 1 amide bonds. The fourth-order valence-corrected chi connectivity index (χ4v) is 2.39. The highest BCUT2D eigenvalue weighted by Gasteiger charge is 2.17. The SMILES string of the molecule is CCN(CC(=O)N[C@H](C)c1cc(OC)ccc1OC)C(C)C. The number of nitrogens with zero attached hydrogens (tertiary/aromatic N) is 1. The highest BCUT2D eigenvalue weighted by molar-refractivity contribution is 5.78. The summed E-state index contributed by atoms with van der Waals surface area (Å²) in [7, 11) is 3.24. The second-order valence-electron chi connectivity index (χ2n) is 5.55. The van der Waals surface area contributed by atoms with Crippen molar-refractivity contribution in [2.75, 3.05) is 27.3 Å². The van der Waals surface area contributed by atoms with Crippen LogP contribution in [0.5, 0.6) is 11.5 Å². The first-order valence-corrected chi connectivity index (χ1v) is 7.68. The molecule has 1 atom stereocenters. The number of rotatable bonds is 8. The topological polar surface area (TPSA) is 50.8 Å². The van der Waals surface area contributed by atoms with Gasteiger partial charge in [-0.05, 0) is 45.5 Å². The van der Waals surface area contributed by atoms with Crippen LogP contribution in [0.1, 0.15) is 39.3 Å². The van der Waals surface area contributed by atoms with Gasteiger partial charge in [-0.2, -0.15) is 0 Å². The van der Waals surface area contributed by atoms with Gasteiger partial charge in [0.1, 0.15) is 11.5 Å². The number of benzene rings is 1. The van der Waals surface area contributed by atoms with Crippen molar-refractivity contribution < 1.29 is 14.3 Å². The minimum absolute atomic E-state index is 0.00734. The molecule has 0 saturated carbocycles. The largest absolute Gasteiger partial charge is 0.497 e. The van der Waals surface area contributed by atoms with E-state index in [2.05, 4.69) is 31.0 Å².